The fraction of sp³-hybridized carbons (Fsp3) is 0.375. The molecule has 0 aliphatic carbocycles. The van der Waals surface area contributed by atoms with Gasteiger partial charge in [0.25, 0.3) is 5.91 Å². The molecule has 0 saturated carbocycles. The second-order valence-electron chi connectivity index (χ2n) is 5.75. The minimum atomic E-state index is -0.118. The molecule has 0 bridgehead atoms. The lowest BCUT2D eigenvalue weighted by Gasteiger charge is -2.26. The molecule has 3 N–H and O–H groups in total. The summed E-state index contributed by atoms with van der Waals surface area (Å²) in [4.78, 5) is 12.5. The van der Waals surface area contributed by atoms with E-state index >= 15 is 0 Å². The van der Waals surface area contributed by atoms with E-state index in [1.807, 2.05) is 24.3 Å². The van der Waals surface area contributed by atoms with Crippen LogP contribution in [0.2, 0.25) is 0 Å². The topological polar surface area (TPSA) is 79.0 Å². The zero-order valence-electron chi connectivity index (χ0n) is 12.2. The van der Waals surface area contributed by atoms with Crippen molar-refractivity contribution >= 4 is 5.91 Å². The molecule has 2 aliphatic rings. The Kier molecular flexibility index (Phi) is 3.31. The molecule has 4 rings (SSSR count). The zero-order chi connectivity index (χ0) is 14.9. The van der Waals surface area contributed by atoms with Crippen LogP contribution >= 0.6 is 0 Å². The van der Waals surface area contributed by atoms with Gasteiger partial charge in [-0.05, 0) is 31.0 Å². The number of rotatable bonds is 2. The number of H-pyrrole nitrogens is 1. The lowest BCUT2D eigenvalue weighted by atomic mass is 10.0. The lowest BCUT2D eigenvalue weighted by Crippen LogP contribution is -2.43. The molecule has 1 unspecified atom stereocenters. The molecule has 22 heavy (non-hydrogen) atoms. The molecule has 114 valence electrons. The number of benzene rings is 1. The van der Waals surface area contributed by atoms with Gasteiger partial charge >= 0.3 is 0 Å². The number of aromatic amines is 1. The van der Waals surface area contributed by atoms with Crippen molar-refractivity contribution in [3.63, 3.8) is 0 Å². The average Bonchev–Trinajstić information content (AvgIpc) is 2.99. The average molecular weight is 298 g/mol. The van der Waals surface area contributed by atoms with Crippen molar-refractivity contribution < 1.29 is 9.53 Å². The summed E-state index contributed by atoms with van der Waals surface area (Å²) in [7, 11) is 0. The van der Waals surface area contributed by atoms with Crippen LogP contribution in [-0.2, 0) is 19.4 Å². The van der Waals surface area contributed by atoms with E-state index in [1.165, 1.54) is 0 Å². The largest absolute Gasteiger partial charge is 0.491 e. The van der Waals surface area contributed by atoms with E-state index < -0.39 is 0 Å². The second kappa shape index (κ2) is 5.46. The summed E-state index contributed by atoms with van der Waals surface area (Å²) in [6, 6.07) is 7.93. The first-order valence-corrected chi connectivity index (χ1v) is 7.59. The number of amides is 1. The Morgan fingerprint density at radius 3 is 3.23 bits per heavy atom. The van der Waals surface area contributed by atoms with E-state index in [0.29, 0.717) is 12.3 Å². The minimum absolute atomic E-state index is 0.0172. The Morgan fingerprint density at radius 1 is 1.36 bits per heavy atom. The first kappa shape index (κ1) is 13.3. The third-order valence-corrected chi connectivity index (χ3v) is 4.24. The molecule has 1 atom stereocenters. The summed E-state index contributed by atoms with van der Waals surface area (Å²) in [5.74, 6) is 0.795. The van der Waals surface area contributed by atoms with Crippen LogP contribution < -0.4 is 15.4 Å². The molecule has 1 aromatic carbocycles. The zero-order valence-corrected chi connectivity index (χ0v) is 12.2. The fourth-order valence-electron chi connectivity index (χ4n) is 3.11. The molecule has 6 heteroatoms. The predicted octanol–water partition coefficient (Wildman–Crippen LogP) is 0.789. The van der Waals surface area contributed by atoms with Crippen molar-refractivity contribution in [3.8, 4) is 5.75 Å². The van der Waals surface area contributed by atoms with Crippen LogP contribution in [-0.4, -0.2) is 35.3 Å². The number of ether oxygens (including phenoxy) is 1. The van der Waals surface area contributed by atoms with Crippen LogP contribution in [0.4, 0.5) is 0 Å². The number of aromatic nitrogens is 2. The van der Waals surface area contributed by atoms with Crippen LogP contribution in [0.25, 0.3) is 0 Å². The molecule has 0 spiro atoms. The van der Waals surface area contributed by atoms with Crippen LogP contribution in [0.5, 0.6) is 5.75 Å². The van der Waals surface area contributed by atoms with Gasteiger partial charge in [0.2, 0.25) is 0 Å². The summed E-state index contributed by atoms with van der Waals surface area (Å²) < 4.78 is 5.71. The van der Waals surface area contributed by atoms with Gasteiger partial charge in [0.15, 0.2) is 5.69 Å². The van der Waals surface area contributed by atoms with Crippen molar-refractivity contribution in [3.05, 3.63) is 46.8 Å². The Bertz CT molecular complexity index is 710. The molecule has 1 amide bonds. The summed E-state index contributed by atoms with van der Waals surface area (Å²) in [5.41, 5.74) is 3.71. The maximum absolute atomic E-state index is 12.5. The summed E-state index contributed by atoms with van der Waals surface area (Å²) >= 11 is 0. The first-order chi connectivity index (χ1) is 10.8. The van der Waals surface area contributed by atoms with Crippen LogP contribution in [0.3, 0.4) is 0 Å². The smallest absolute Gasteiger partial charge is 0.272 e. The molecular weight excluding hydrogens is 280 g/mol. The van der Waals surface area contributed by atoms with Gasteiger partial charge in [0.1, 0.15) is 12.4 Å². The molecule has 0 fully saturated rings. The normalized spacial score (nSPS) is 19.7. The van der Waals surface area contributed by atoms with E-state index in [-0.39, 0.29) is 11.9 Å². The molecule has 0 saturated heterocycles. The third-order valence-electron chi connectivity index (χ3n) is 4.24. The lowest BCUT2D eigenvalue weighted by molar-refractivity contribution is 0.0909. The van der Waals surface area contributed by atoms with Crippen LogP contribution in [0.1, 0.15) is 27.3 Å². The summed E-state index contributed by atoms with van der Waals surface area (Å²) in [6.07, 6.45) is 1.62. The van der Waals surface area contributed by atoms with Crippen molar-refractivity contribution in [2.45, 2.75) is 25.4 Å². The molecule has 1 aromatic heterocycles. The highest BCUT2D eigenvalue weighted by Gasteiger charge is 2.25. The van der Waals surface area contributed by atoms with Gasteiger partial charge in [-0.2, -0.15) is 5.10 Å². The van der Waals surface area contributed by atoms with Crippen molar-refractivity contribution in [2.75, 3.05) is 13.2 Å². The standard InChI is InChI=1S/C16H18N4O2/c21-16(15-12-5-6-17-8-13(12)19-20-15)18-11-7-10-3-1-2-4-14(10)22-9-11/h1-4,11,17H,5-9H2,(H,18,21)(H,19,20). The van der Waals surface area contributed by atoms with E-state index in [0.717, 1.165) is 48.5 Å². The Morgan fingerprint density at radius 2 is 2.27 bits per heavy atom. The maximum Gasteiger partial charge on any atom is 0.272 e. The molecule has 2 aromatic rings. The quantitative estimate of drug-likeness (QED) is 0.766. The maximum atomic E-state index is 12.5. The highest BCUT2D eigenvalue weighted by molar-refractivity contribution is 5.94. The fourth-order valence-corrected chi connectivity index (χ4v) is 3.11. The molecule has 0 radical (unpaired) electrons. The Hall–Kier alpha value is -2.34. The summed E-state index contributed by atoms with van der Waals surface area (Å²) in [6.45, 7) is 2.12. The Labute approximate surface area is 128 Å². The van der Waals surface area contributed by atoms with Gasteiger partial charge in [-0.3, -0.25) is 9.89 Å². The Balaban J connectivity index is 1.48. The van der Waals surface area contributed by atoms with Crippen molar-refractivity contribution in [1.82, 2.24) is 20.8 Å². The van der Waals surface area contributed by atoms with Crippen LogP contribution in [0.15, 0.2) is 24.3 Å². The van der Waals surface area contributed by atoms with Gasteiger partial charge in [-0.15, -0.1) is 0 Å². The number of hydrogen-bond donors (Lipinski definition) is 3. The van der Waals surface area contributed by atoms with E-state index in [1.54, 1.807) is 0 Å². The SMILES string of the molecule is O=C(NC1COc2ccccc2C1)c1n[nH]c2c1CCNC2. The second-order valence-corrected chi connectivity index (χ2v) is 5.75. The van der Waals surface area contributed by atoms with Crippen molar-refractivity contribution in [2.24, 2.45) is 0 Å². The van der Waals surface area contributed by atoms with Gasteiger partial charge in [0.05, 0.1) is 11.7 Å². The van der Waals surface area contributed by atoms with E-state index in [2.05, 4.69) is 20.8 Å². The van der Waals surface area contributed by atoms with Crippen LogP contribution in [0, 0.1) is 0 Å². The number of para-hydroxylation sites is 1. The number of nitrogens with one attached hydrogen (secondary N) is 3. The highest BCUT2D eigenvalue weighted by atomic mass is 16.5. The molecule has 2 aliphatic heterocycles. The number of nitrogens with zero attached hydrogens (tertiary/aromatic N) is 1. The highest BCUT2D eigenvalue weighted by Crippen LogP contribution is 2.24. The minimum Gasteiger partial charge on any atom is -0.491 e. The number of carbonyl (C=O) groups excluding carboxylic acids is 1. The van der Waals surface area contributed by atoms with Gasteiger partial charge in [-0.1, -0.05) is 18.2 Å². The summed E-state index contributed by atoms with van der Waals surface area (Å²) in [5, 5.41) is 13.5. The van der Waals surface area contributed by atoms with Gasteiger partial charge in [0, 0.05) is 12.1 Å². The molecule has 6 nitrogen and oxygen atoms in total. The third kappa shape index (κ3) is 2.35. The predicted molar refractivity (Wildman–Crippen MR) is 80.9 cm³/mol. The van der Waals surface area contributed by atoms with Gasteiger partial charge < -0.3 is 15.4 Å². The molecule has 3 heterocycles. The number of carbonyl (C=O) groups is 1. The van der Waals surface area contributed by atoms with E-state index in [4.69, 9.17) is 4.74 Å². The monoisotopic (exact) mass is 298 g/mol. The first-order valence-electron chi connectivity index (χ1n) is 7.59. The van der Waals surface area contributed by atoms with Gasteiger partial charge in [-0.25, -0.2) is 0 Å². The number of hydrogen-bond acceptors (Lipinski definition) is 4. The van der Waals surface area contributed by atoms with Crippen molar-refractivity contribution in [1.29, 1.82) is 0 Å². The van der Waals surface area contributed by atoms with E-state index in [9.17, 15) is 4.79 Å². The molecular formula is C16H18N4O2. The number of fused-ring (bicyclic) bond motifs is 2.